The molecule has 0 bridgehead atoms. The first-order chi connectivity index (χ1) is 11.5. The fraction of sp³-hybridized carbons (Fsp3) is 0.0588. The van der Waals surface area contributed by atoms with Crippen molar-refractivity contribution < 1.29 is 13.2 Å². The smallest absolute Gasteiger partial charge is 0.318 e. The van der Waals surface area contributed by atoms with E-state index >= 15 is 0 Å². The first kappa shape index (κ1) is 15.9. The standard InChI is InChI=1S/C17H15N3O3S/c1-23-17-19-14(12-8-4-2-5-9-12)15(16(18)20-17)24(21,22)13-10-6-3-7-11-13/h2-11H,1H3,(H2,18,19,20). The van der Waals surface area contributed by atoms with Gasteiger partial charge >= 0.3 is 6.01 Å². The normalized spacial score (nSPS) is 11.2. The maximum absolute atomic E-state index is 13.0. The molecule has 0 radical (unpaired) electrons. The van der Waals surface area contributed by atoms with Crippen molar-refractivity contribution in [3.8, 4) is 17.3 Å². The number of benzene rings is 2. The van der Waals surface area contributed by atoms with E-state index in [9.17, 15) is 8.42 Å². The Morgan fingerprint density at radius 2 is 1.50 bits per heavy atom. The first-order valence-corrected chi connectivity index (χ1v) is 8.59. The van der Waals surface area contributed by atoms with Crippen molar-refractivity contribution in [2.75, 3.05) is 12.8 Å². The van der Waals surface area contributed by atoms with Crippen molar-refractivity contribution in [1.82, 2.24) is 9.97 Å². The molecule has 7 heteroatoms. The molecule has 0 aliphatic rings. The van der Waals surface area contributed by atoms with Gasteiger partial charge in [-0.3, -0.25) is 0 Å². The van der Waals surface area contributed by atoms with Gasteiger partial charge in [0.05, 0.1) is 17.7 Å². The molecule has 0 amide bonds. The van der Waals surface area contributed by atoms with Crippen LogP contribution in [0.3, 0.4) is 0 Å². The third kappa shape index (κ3) is 2.81. The molecule has 2 N–H and O–H groups in total. The molecule has 0 aliphatic carbocycles. The van der Waals surface area contributed by atoms with E-state index < -0.39 is 9.84 Å². The number of nitrogens with zero attached hydrogens (tertiary/aromatic N) is 2. The molecule has 122 valence electrons. The number of sulfone groups is 1. The average Bonchev–Trinajstić information content (AvgIpc) is 2.62. The Morgan fingerprint density at radius 1 is 0.917 bits per heavy atom. The summed E-state index contributed by atoms with van der Waals surface area (Å²) >= 11 is 0. The highest BCUT2D eigenvalue weighted by molar-refractivity contribution is 7.91. The Bertz CT molecular complexity index is 959. The van der Waals surface area contributed by atoms with Gasteiger partial charge in [0.1, 0.15) is 4.90 Å². The van der Waals surface area contributed by atoms with Crippen molar-refractivity contribution in [2.45, 2.75) is 9.79 Å². The number of hydrogen-bond donors (Lipinski definition) is 1. The molecule has 1 heterocycles. The molecule has 0 atom stereocenters. The summed E-state index contributed by atoms with van der Waals surface area (Å²) in [5.74, 6) is -0.149. The second kappa shape index (κ2) is 6.29. The molecule has 0 aliphatic heterocycles. The fourth-order valence-electron chi connectivity index (χ4n) is 2.31. The maximum Gasteiger partial charge on any atom is 0.318 e. The van der Waals surface area contributed by atoms with Gasteiger partial charge in [-0.05, 0) is 12.1 Å². The van der Waals surface area contributed by atoms with Crippen LogP contribution in [0.4, 0.5) is 5.82 Å². The van der Waals surface area contributed by atoms with E-state index in [-0.39, 0.29) is 27.3 Å². The zero-order chi connectivity index (χ0) is 17.2. The monoisotopic (exact) mass is 341 g/mol. The highest BCUT2D eigenvalue weighted by atomic mass is 32.2. The van der Waals surface area contributed by atoms with Crippen LogP contribution in [0, 0.1) is 0 Å². The summed E-state index contributed by atoms with van der Waals surface area (Å²) in [5, 5.41) is 0. The third-order valence-corrected chi connectivity index (χ3v) is 5.26. The lowest BCUT2D eigenvalue weighted by atomic mass is 10.1. The molecule has 24 heavy (non-hydrogen) atoms. The van der Waals surface area contributed by atoms with E-state index in [1.165, 1.54) is 19.2 Å². The minimum atomic E-state index is -3.88. The van der Waals surface area contributed by atoms with Gasteiger partial charge in [-0.15, -0.1) is 0 Å². The second-order valence-corrected chi connectivity index (χ2v) is 6.84. The van der Waals surface area contributed by atoms with Crippen molar-refractivity contribution in [1.29, 1.82) is 0 Å². The van der Waals surface area contributed by atoms with E-state index in [1.54, 1.807) is 42.5 Å². The third-order valence-electron chi connectivity index (χ3n) is 3.42. The van der Waals surface area contributed by atoms with E-state index in [2.05, 4.69) is 9.97 Å². The van der Waals surface area contributed by atoms with Crippen LogP contribution in [0.2, 0.25) is 0 Å². The maximum atomic E-state index is 13.0. The summed E-state index contributed by atoms with van der Waals surface area (Å²) in [7, 11) is -2.48. The van der Waals surface area contributed by atoms with Crippen LogP contribution in [-0.2, 0) is 9.84 Å². The number of anilines is 1. The predicted molar refractivity (Wildman–Crippen MR) is 90.3 cm³/mol. The predicted octanol–water partition coefficient (Wildman–Crippen LogP) is 2.57. The molecular formula is C17H15N3O3S. The molecule has 1 aromatic heterocycles. The summed E-state index contributed by atoms with van der Waals surface area (Å²) in [6.07, 6.45) is 0. The number of aromatic nitrogens is 2. The Kier molecular flexibility index (Phi) is 4.18. The van der Waals surface area contributed by atoms with Gasteiger partial charge in [-0.2, -0.15) is 9.97 Å². The van der Waals surface area contributed by atoms with Crippen LogP contribution in [-0.4, -0.2) is 25.5 Å². The molecular weight excluding hydrogens is 326 g/mol. The number of ether oxygens (including phenoxy) is 1. The SMILES string of the molecule is COc1nc(N)c(S(=O)(=O)c2ccccc2)c(-c2ccccc2)n1. The molecule has 0 spiro atoms. The van der Waals surface area contributed by atoms with Crippen LogP contribution < -0.4 is 10.5 Å². The summed E-state index contributed by atoms with van der Waals surface area (Å²) in [6.45, 7) is 0. The molecule has 3 rings (SSSR count). The lowest BCUT2D eigenvalue weighted by molar-refractivity contribution is 0.380. The second-order valence-electron chi connectivity index (χ2n) is 4.96. The number of hydrogen-bond acceptors (Lipinski definition) is 6. The zero-order valence-corrected chi connectivity index (χ0v) is 13.7. The quantitative estimate of drug-likeness (QED) is 0.783. The van der Waals surface area contributed by atoms with E-state index in [1.807, 2.05) is 6.07 Å². The van der Waals surface area contributed by atoms with Gasteiger partial charge in [-0.25, -0.2) is 8.42 Å². The molecule has 2 aromatic carbocycles. The highest BCUT2D eigenvalue weighted by Crippen LogP contribution is 2.34. The Hall–Kier alpha value is -2.93. The lowest BCUT2D eigenvalue weighted by Gasteiger charge is -2.13. The van der Waals surface area contributed by atoms with Crippen molar-refractivity contribution in [3.63, 3.8) is 0 Å². The van der Waals surface area contributed by atoms with Gasteiger partial charge in [0.2, 0.25) is 9.84 Å². The number of nitrogen functional groups attached to an aromatic ring is 1. The molecule has 6 nitrogen and oxygen atoms in total. The Balaban J connectivity index is 2.32. The Labute approximate surface area is 139 Å². The Morgan fingerprint density at radius 3 is 2.08 bits per heavy atom. The van der Waals surface area contributed by atoms with Gasteiger partial charge in [-0.1, -0.05) is 48.5 Å². The molecule has 0 saturated heterocycles. The lowest BCUT2D eigenvalue weighted by Crippen LogP contribution is -2.11. The van der Waals surface area contributed by atoms with Crippen molar-refractivity contribution in [3.05, 3.63) is 60.7 Å². The van der Waals surface area contributed by atoms with Crippen LogP contribution in [0.1, 0.15) is 0 Å². The van der Waals surface area contributed by atoms with Gasteiger partial charge in [0, 0.05) is 5.56 Å². The first-order valence-electron chi connectivity index (χ1n) is 7.11. The summed E-state index contributed by atoms with van der Waals surface area (Å²) in [4.78, 5) is 8.16. The number of nitrogens with two attached hydrogens (primary N) is 1. The summed E-state index contributed by atoms with van der Waals surface area (Å²) < 4.78 is 31.1. The van der Waals surface area contributed by atoms with Gasteiger partial charge in [0.15, 0.2) is 5.82 Å². The van der Waals surface area contributed by atoms with E-state index in [0.29, 0.717) is 5.56 Å². The molecule has 3 aromatic rings. The molecule has 0 fully saturated rings. The topological polar surface area (TPSA) is 95.2 Å². The molecule has 0 unspecified atom stereocenters. The highest BCUT2D eigenvalue weighted by Gasteiger charge is 2.28. The summed E-state index contributed by atoms with van der Waals surface area (Å²) in [5.41, 5.74) is 6.77. The van der Waals surface area contributed by atoms with Gasteiger partial charge < -0.3 is 10.5 Å². The van der Waals surface area contributed by atoms with E-state index in [4.69, 9.17) is 10.5 Å². The van der Waals surface area contributed by atoms with E-state index in [0.717, 1.165) is 0 Å². The van der Waals surface area contributed by atoms with Gasteiger partial charge in [0.25, 0.3) is 0 Å². The van der Waals surface area contributed by atoms with Crippen LogP contribution in [0.5, 0.6) is 6.01 Å². The minimum absolute atomic E-state index is 0.0124. The van der Waals surface area contributed by atoms with Crippen LogP contribution in [0.15, 0.2) is 70.5 Å². The number of rotatable bonds is 4. The van der Waals surface area contributed by atoms with Crippen LogP contribution in [0.25, 0.3) is 11.3 Å². The molecule has 0 saturated carbocycles. The fourth-order valence-corrected chi connectivity index (χ4v) is 3.80. The zero-order valence-electron chi connectivity index (χ0n) is 12.9. The minimum Gasteiger partial charge on any atom is -0.467 e. The van der Waals surface area contributed by atoms with Crippen LogP contribution >= 0.6 is 0 Å². The van der Waals surface area contributed by atoms with Crippen molar-refractivity contribution >= 4 is 15.7 Å². The number of methoxy groups -OCH3 is 1. The largest absolute Gasteiger partial charge is 0.467 e. The van der Waals surface area contributed by atoms with Crippen molar-refractivity contribution in [2.24, 2.45) is 0 Å². The average molecular weight is 341 g/mol. The summed E-state index contributed by atoms with van der Waals surface area (Å²) in [6, 6.07) is 17.0.